The Morgan fingerprint density at radius 2 is 2.31 bits per heavy atom. The minimum Gasteiger partial charge on any atom is -0.459 e. The van der Waals surface area contributed by atoms with Crippen molar-refractivity contribution in [3.05, 3.63) is 11.6 Å². The average Bonchev–Trinajstić information content (AvgIpc) is 1.97. The molecule has 13 heavy (non-hydrogen) atoms. The lowest BCUT2D eigenvalue weighted by Gasteiger charge is -2.22. The molecule has 1 atom stereocenters. The van der Waals surface area contributed by atoms with E-state index in [1.807, 2.05) is 13.8 Å². The lowest BCUT2D eigenvalue weighted by Crippen LogP contribution is -2.40. The maximum absolute atomic E-state index is 11.0. The number of carbonyl (C=O) groups is 2. The minimum atomic E-state index is -0.668. The molecule has 0 aromatic heterocycles. The molecule has 1 heterocycles. The average molecular weight is 184 g/mol. The molecule has 0 N–H and O–H groups in total. The Hall–Kier alpha value is -1.32. The van der Waals surface area contributed by atoms with Crippen LogP contribution in [0, 0.1) is 0 Å². The van der Waals surface area contributed by atoms with Crippen LogP contribution in [-0.4, -0.2) is 24.6 Å². The van der Waals surface area contributed by atoms with Crippen LogP contribution < -0.4 is 0 Å². The van der Waals surface area contributed by atoms with Gasteiger partial charge < -0.3 is 9.47 Å². The van der Waals surface area contributed by atoms with Crippen molar-refractivity contribution in [2.24, 2.45) is 0 Å². The van der Waals surface area contributed by atoms with Gasteiger partial charge in [0.25, 0.3) is 0 Å². The van der Waals surface area contributed by atoms with Crippen molar-refractivity contribution in [2.75, 3.05) is 6.61 Å². The number of rotatable bonds is 3. The number of esters is 2. The summed E-state index contributed by atoms with van der Waals surface area (Å²) < 4.78 is 9.34. The van der Waals surface area contributed by atoms with E-state index in [0.29, 0.717) is 0 Å². The van der Waals surface area contributed by atoms with Crippen LogP contribution in [0.4, 0.5) is 0 Å². The van der Waals surface area contributed by atoms with E-state index in [1.165, 1.54) is 0 Å². The molecule has 0 aliphatic carbocycles. The molecule has 1 aliphatic heterocycles. The van der Waals surface area contributed by atoms with Gasteiger partial charge in [0, 0.05) is 0 Å². The summed E-state index contributed by atoms with van der Waals surface area (Å²) in [6.07, 6.45) is 1.27. The van der Waals surface area contributed by atoms with Crippen LogP contribution in [0.15, 0.2) is 11.6 Å². The van der Waals surface area contributed by atoms with Crippen molar-refractivity contribution in [1.29, 1.82) is 0 Å². The van der Waals surface area contributed by atoms with Crippen molar-refractivity contribution in [1.82, 2.24) is 0 Å². The molecule has 1 saturated heterocycles. The summed E-state index contributed by atoms with van der Waals surface area (Å²) in [6, 6.07) is 0. The Kier molecular flexibility index (Phi) is 3.06. The number of carbonyl (C=O) groups excluding carboxylic acids is 2. The fourth-order valence-corrected chi connectivity index (χ4v) is 0.815. The predicted molar refractivity (Wildman–Crippen MR) is 44.9 cm³/mol. The van der Waals surface area contributed by atoms with Gasteiger partial charge in [-0.3, -0.25) is 4.79 Å². The summed E-state index contributed by atoms with van der Waals surface area (Å²) in [7, 11) is 0. The Labute approximate surface area is 76.5 Å². The second kappa shape index (κ2) is 4.07. The van der Waals surface area contributed by atoms with Crippen LogP contribution in [0.2, 0.25) is 0 Å². The highest BCUT2D eigenvalue weighted by molar-refractivity contribution is 5.89. The number of cyclic esters (lactones) is 1. The number of hydrogen-bond donors (Lipinski definition) is 0. The zero-order valence-corrected chi connectivity index (χ0v) is 7.70. The Balaban J connectivity index is 2.19. The molecular formula is C9H12O4. The van der Waals surface area contributed by atoms with E-state index in [0.717, 1.165) is 5.57 Å². The summed E-state index contributed by atoms with van der Waals surface area (Å²) >= 11 is 0. The summed E-state index contributed by atoms with van der Waals surface area (Å²) in [4.78, 5) is 21.4. The number of ether oxygens (including phenoxy) is 2. The Bertz CT molecular complexity index is 242. The highest BCUT2D eigenvalue weighted by Gasteiger charge is 2.36. The molecule has 4 heteroatoms. The highest BCUT2D eigenvalue weighted by atomic mass is 16.6. The molecule has 1 rings (SSSR count). The lowest BCUT2D eigenvalue weighted by atomic mass is 10.2. The van der Waals surface area contributed by atoms with E-state index in [-0.39, 0.29) is 19.0 Å². The van der Waals surface area contributed by atoms with Crippen LogP contribution in [0.25, 0.3) is 0 Å². The summed E-state index contributed by atoms with van der Waals surface area (Å²) in [5.74, 6) is -0.804. The van der Waals surface area contributed by atoms with Crippen molar-refractivity contribution >= 4 is 11.9 Å². The smallest absolute Gasteiger partial charge is 0.348 e. The van der Waals surface area contributed by atoms with Gasteiger partial charge in [0.1, 0.15) is 6.61 Å². The molecule has 72 valence electrons. The molecule has 0 spiro atoms. The molecule has 0 radical (unpaired) electrons. The van der Waals surface area contributed by atoms with Gasteiger partial charge >= 0.3 is 11.9 Å². The third-order valence-corrected chi connectivity index (χ3v) is 1.61. The first kappa shape index (κ1) is 9.77. The third kappa shape index (κ3) is 2.89. The SMILES string of the molecule is CC(C)=CCOC(=O)[C@H]1CC(=O)O1. The van der Waals surface area contributed by atoms with Crippen LogP contribution in [0.1, 0.15) is 20.3 Å². The number of allylic oxidation sites excluding steroid dienone is 1. The van der Waals surface area contributed by atoms with Gasteiger partial charge in [0.05, 0.1) is 6.42 Å². The van der Waals surface area contributed by atoms with Crippen molar-refractivity contribution in [3.8, 4) is 0 Å². The van der Waals surface area contributed by atoms with Gasteiger partial charge in [-0.1, -0.05) is 5.57 Å². The molecule has 0 bridgehead atoms. The van der Waals surface area contributed by atoms with Gasteiger partial charge in [-0.15, -0.1) is 0 Å². The zero-order valence-electron chi connectivity index (χ0n) is 7.70. The molecule has 1 fully saturated rings. The van der Waals surface area contributed by atoms with Gasteiger partial charge in [0.15, 0.2) is 0 Å². The Morgan fingerprint density at radius 3 is 2.77 bits per heavy atom. The van der Waals surface area contributed by atoms with E-state index in [2.05, 4.69) is 4.74 Å². The fraction of sp³-hybridized carbons (Fsp3) is 0.556. The highest BCUT2D eigenvalue weighted by Crippen LogP contribution is 2.14. The summed E-state index contributed by atoms with van der Waals surface area (Å²) in [6.45, 7) is 4.07. The second-order valence-electron chi connectivity index (χ2n) is 3.09. The quantitative estimate of drug-likeness (QED) is 0.481. The van der Waals surface area contributed by atoms with Crippen molar-refractivity contribution in [2.45, 2.75) is 26.4 Å². The van der Waals surface area contributed by atoms with E-state index in [1.54, 1.807) is 6.08 Å². The van der Waals surface area contributed by atoms with Gasteiger partial charge in [-0.2, -0.15) is 0 Å². The minimum absolute atomic E-state index is 0.146. The third-order valence-electron chi connectivity index (χ3n) is 1.61. The Morgan fingerprint density at radius 1 is 1.69 bits per heavy atom. The first-order chi connectivity index (χ1) is 6.09. The van der Waals surface area contributed by atoms with Gasteiger partial charge in [0.2, 0.25) is 6.10 Å². The summed E-state index contributed by atoms with van der Waals surface area (Å²) in [5.41, 5.74) is 1.08. The van der Waals surface area contributed by atoms with E-state index in [9.17, 15) is 9.59 Å². The van der Waals surface area contributed by atoms with Crippen molar-refractivity contribution < 1.29 is 19.1 Å². The predicted octanol–water partition coefficient (Wildman–Crippen LogP) is 0.811. The molecular weight excluding hydrogens is 172 g/mol. The lowest BCUT2D eigenvalue weighted by molar-refractivity contribution is -0.184. The first-order valence-corrected chi connectivity index (χ1v) is 4.09. The topological polar surface area (TPSA) is 52.6 Å². The molecule has 4 nitrogen and oxygen atoms in total. The van der Waals surface area contributed by atoms with E-state index < -0.39 is 12.1 Å². The van der Waals surface area contributed by atoms with Crippen molar-refractivity contribution in [3.63, 3.8) is 0 Å². The standard InChI is InChI=1S/C9H12O4/c1-6(2)3-4-12-9(11)7-5-8(10)13-7/h3,7H,4-5H2,1-2H3/t7-/m1/s1. The van der Waals surface area contributed by atoms with Crippen LogP contribution in [-0.2, 0) is 19.1 Å². The van der Waals surface area contributed by atoms with Crippen LogP contribution in [0.3, 0.4) is 0 Å². The first-order valence-electron chi connectivity index (χ1n) is 4.09. The summed E-state index contributed by atoms with van der Waals surface area (Å²) in [5, 5.41) is 0. The zero-order chi connectivity index (χ0) is 9.84. The van der Waals surface area contributed by atoms with E-state index >= 15 is 0 Å². The molecule has 0 saturated carbocycles. The molecule has 0 unspecified atom stereocenters. The second-order valence-corrected chi connectivity index (χ2v) is 3.09. The monoisotopic (exact) mass is 184 g/mol. The molecule has 0 aromatic rings. The van der Waals surface area contributed by atoms with E-state index in [4.69, 9.17) is 4.74 Å². The largest absolute Gasteiger partial charge is 0.459 e. The van der Waals surface area contributed by atoms with Crippen LogP contribution >= 0.6 is 0 Å². The normalized spacial score (nSPS) is 19.8. The fourth-order valence-electron chi connectivity index (χ4n) is 0.815. The molecule has 0 amide bonds. The van der Waals surface area contributed by atoms with Gasteiger partial charge in [-0.25, -0.2) is 4.79 Å². The number of hydrogen-bond acceptors (Lipinski definition) is 4. The van der Waals surface area contributed by atoms with Gasteiger partial charge in [-0.05, 0) is 19.9 Å². The maximum atomic E-state index is 11.0. The maximum Gasteiger partial charge on any atom is 0.348 e. The van der Waals surface area contributed by atoms with Crippen LogP contribution in [0.5, 0.6) is 0 Å². The molecule has 0 aromatic carbocycles. The molecule has 1 aliphatic rings.